The summed E-state index contributed by atoms with van der Waals surface area (Å²) < 4.78 is 51.7. The molecule has 4 fully saturated rings. The number of nitrogens with one attached hydrogen (secondary N) is 5. The van der Waals surface area contributed by atoms with Gasteiger partial charge in [0.05, 0.1) is 39.9 Å². The SMILES string of the molecule is CO[C@H]1[C@H](O)[C@@H](Oc2ccc(NC(=S)NCCCC[C@H](NC(=S)Nc3ccc(O[C@H]4O[C@@H](C)[C@@H](O)[C@@H](OC)[C@@H]4O)cc3)C(=O)N[C@@H]3C=CC[C@@H]4CN(c5c(F)cc6c(=O)c(C(=O)O)cn(C7CC7)c6c5Cl)C[C@@H]43)cc2)O[C@@H](C)[C@H]1O.[Na]. The molecule has 3 saturated heterocycles. The zero-order chi connectivity index (χ0) is 57.1. The quantitative estimate of drug-likeness (QED) is 0.0273. The molecule has 0 unspecified atom stereocenters. The van der Waals surface area contributed by atoms with Crippen LogP contribution >= 0.6 is 36.0 Å². The molecule has 81 heavy (non-hydrogen) atoms. The van der Waals surface area contributed by atoms with Gasteiger partial charge in [0.2, 0.25) is 23.9 Å². The summed E-state index contributed by atoms with van der Waals surface area (Å²) in [6, 6.07) is 13.3. The number of anilines is 3. The number of hydrogen-bond donors (Lipinski definition) is 10. The van der Waals surface area contributed by atoms with Gasteiger partial charge in [0.25, 0.3) is 0 Å². The van der Waals surface area contributed by atoms with E-state index in [2.05, 4.69) is 26.6 Å². The molecule has 1 amide bonds. The second-order valence-corrected chi connectivity index (χ2v) is 22.0. The Hall–Kier alpha value is -4.77. The minimum Gasteiger partial charge on any atom is -0.477 e. The average Bonchev–Trinajstić information content (AvgIpc) is 4.42. The third kappa shape index (κ3) is 14.3. The van der Waals surface area contributed by atoms with Crippen LogP contribution in [0.4, 0.5) is 21.5 Å². The molecule has 1 aromatic heterocycles. The van der Waals surface area contributed by atoms with Gasteiger partial charge in [-0.1, -0.05) is 23.8 Å². The van der Waals surface area contributed by atoms with E-state index in [1.165, 1.54) is 20.4 Å². The fourth-order valence-electron chi connectivity index (χ4n) is 10.9. The Morgan fingerprint density at radius 1 is 0.840 bits per heavy atom. The van der Waals surface area contributed by atoms with Crippen LogP contribution in [0.25, 0.3) is 10.9 Å². The maximum atomic E-state index is 16.3. The van der Waals surface area contributed by atoms with E-state index in [1.54, 1.807) is 66.9 Å². The number of aromatic carboxylic acids is 1. The van der Waals surface area contributed by atoms with Gasteiger partial charge in [-0.2, -0.15) is 0 Å². The molecule has 14 atom stereocenters. The number of nitrogens with zero attached hydrogens (tertiary/aromatic N) is 2. The van der Waals surface area contributed by atoms with E-state index in [0.717, 1.165) is 18.9 Å². The van der Waals surface area contributed by atoms with Crippen LogP contribution in [0.5, 0.6) is 11.5 Å². The molecule has 3 aromatic carbocycles. The number of amides is 1. The number of fused-ring (bicyclic) bond motifs is 2. The summed E-state index contributed by atoms with van der Waals surface area (Å²) in [7, 11) is 2.78. The molecule has 2 aliphatic carbocycles. The number of carboxylic acids is 1. The predicted octanol–water partition coefficient (Wildman–Crippen LogP) is 4.18. The molecule has 10 N–H and O–H groups in total. The van der Waals surface area contributed by atoms with E-state index < -0.39 is 96.3 Å². The molecule has 1 saturated carbocycles. The number of carbonyl (C=O) groups is 2. The van der Waals surface area contributed by atoms with Crippen molar-refractivity contribution in [3.8, 4) is 11.5 Å². The normalized spacial score (nSPS) is 28.2. The molecule has 0 spiro atoms. The van der Waals surface area contributed by atoms with Crippen LogP contribution in [0.1, 0.15) is 68.8 Å². The van der Waals surface area contributed by atoms with Crippen LogP contribution in [-0.4, -0.2) is 189 Å². The zero-order valence-electron chi connectivity index (χ0n) is 45.3. The first kappa shape index (κ1) is 62.3. The van der Waals surface area contributed by atoms with Crippen molar-refractivity contribution < 1.29 is 67.9 Å². The van der Waals surface area contributed by atoms with Gasteiger partial charge in [-0.05, 0) is 137 Å². The fourth-order valence-corrected chi connectivity index (χ4v) is 11.8. The number of halogens is 2. The van der Waals surface area contributed by atoms with E-state index >= 15 is 4.39 Å². The minimum absolute atomic E-state index is 0. The van der Waals surface area contributed by atoms with Gasteiger partial charge < -0.3 is 90.0 Å². The number of aliphatic hydroxyl groups excluding tert-OH is 4. The zero-order valence-corrected chi connectivity index (χ0v) is 49.7. The molecule has 4 aromatic rings. The number of rotatable bonds is 19. The number of aliphatic hydroxyl groups is 4. The molecular weight excluding hydrogens is 1120 g/mol. The predicted molar refractivity (Wildman–Crippen MR) is 309 cm³/mol. The summed E-state index contributed by atoms with van der Waals surface area (Å²) in [5.74, 6) is -1.83. The van der Waals surface area contributed by atoms with Crippen molar-refractivity contribution in [2.45, 2.75) is 132 Å². The largest absolute Gasteiger partial charge is 0.477 e. The van der Waals surface area contributed by atoms with Gasteiger partial charge in [-0.15, -0.1) is 0 Å². The van der Waals surface area contributed by atoms with Gasteiger partial charge in [0, 0.05) is 92.9 Å². The van der Waals surface area contributed by atoms with Crippen LogP contribution in [-0.2, 0) is 23.7 Å². The number of carbonyl (C=O) groups excluding carboxylic acids is 1. The van der Waals surface area contributed by atoms with Crippen LogP contribution in [0.2, 0.25) is 5.02 Å². The number of benzene rings is 3. The number of ether oxygens (including phenoxy) is 6. The molecule has 3 aliphatic heterocycles. The third-order valence-corrected chi connectivity index (χ3v) is 16.2. The summed E-state index contributed by atoms with van der Waals surface area (Å²) in [4.78, 5) is 41.7. The van der Waals surface area contributed by atoms with Crippen molar-refractivity contribution in [1.82, 2.24) is 20.5 Å². The maximum absolute atomic E-state index is 16.3. The third-order valence-electron chi connectivity index (χ3n) is 15.4. The Balaban J connectivity index is 0.00000860. The van der Waals surface area contributed by atoms with Crippen molar-refractivity contribution in [2.24, 2.45) is 11.8 Å². The molecule has 26 heteroatoms. The van der Waals surface area contributed by atoms with Crippen molar-refractivity contribution in [3.05, 3.63) is 99.6 Å². The smallest absolute Gasteiger partial charge is 0.341 e. The van der Waals surface area contributed by atoms with E-state index in [4.69, 9.17) is 64.5 Å². The molecule has 433 valence electrons. The number of thiocarbonyl (C=S) groups is 2. The first-order valence-corrected chi connectivity index (χ1v) is 27.8. The topological polar surface area (TPSA) is 276 Å². The Morgan fingerprint density at radius 3 is 1.95 bits per heavy atom. The molecule has 9 rings (SSSR count). The Kier molecular flexibility index (Phi) is 21.0. The number of carboxylic acid groups (broad SMARTS) is 1. The van der Waals surface area contributed by atoms with Crippen molar-refractivity contribution in [3.63, 3.8) is 0 Å². The van der Waals surface area contributed by atoms with Gasteiger partial charge in [-0.25, -0.2) is 9.18 Å². The summed E-state index contributed by atoms with van der Waals surface area (Å²) in [5, 5.41) is 68.3. The summed E-state index contributed by atoms with van der Waals surface area (Å²) in [6.07, 6.45) is -0.807. The van der Waals surface area contributed by atoms with Crippen LogP contribution in [0.15, 0.2) is 77.7 Å². The van der Waals surface area contributed by atoms with E-state index in [-0.39, 0.29) is 74.6 Å². The number of methoxy groups -OCH3 is 2. The Morgan fingerprint density at radius 2 is 1.41 bits per heavy atom. The van der Waals surface area contributed by atoms with Gasteiger partial charge in [0.1, 0.15) is 65.5 Å². The van der Waals surface area contributed by atoms with Crippen LogP contribution in [0, 0.1) is 17.7 Å². The monoisotopic (exact) mass is 1190 g/mol. The second kappa shape index (κ2) is 27.3. The summed E-state index contributed by atoms with van der Waals surface area (Å²) in [6.45, 7) is 4.53. The Labute approximate surface area is 505 Å². The number of unbranched alkanes of at least 4 members (excludes halogenated alkanes) is 1. The van der Waals surface area contributed by atoms with Gasteiger partial charge in [-0.3, -0.25) is 9.59 Å². The van der Waals surface area contributed by atoms with E-state index in [9.17, 15) is 39.9 Å². The van der Waals surface area contributed by atoms with Crippen LogP contribution in [0.3, 0.4) is 0 Å². The number of allylic oxidation sites excluding steroid dienone is 1. The molecule has 5 aliphatic rings. The van der Waals surface area contributed by atoms with Crippen molar-refractivity contribution in [1.29, 1.82) is 0 Å². The Bertz CT molecular complexity index is 3000. The van der Waals surface area contributed by atoms with E-state index in [0.29, 0.717) is 78.8 Å². The van der Waals surface area contributed by atoms with Gasteiger partial charge >= 0.3 is 5.97 Å². The maximum Gasteiger partial charge on any atom is 0.341 e. The minimum atomic E-state index is -1.40. The first-order chi connectivity index (χ1) is 38.3. The molecule has 4 heterocycles. The number of pyridine rings is 1. The first-order valence-electron chi connectivity index (χ1n) is 26.6. The van der Waals surface area contributed by atoms with Crippen LogP contribution < -0.4 is 46.4 Å². The number of hydrogen-bond acceptors (Lipinski definition) is 16. The van der Waals surface area contributed by atoms with Gasteiger partial charge in [0.15, 0.2) is 10.2 Å². The second-order valence-electron chi connectivity index (χ2n) is 20.9. The molecular formula is C55H67ClFN7NaO14S2. The molecule has 21 nitrogen and oxygen atoms in total. The fraction of sp³-hybridized carbons (Fsp3) is 0.509. The molecule has 1 radical (unpaired) electrons. The molecule has 0 bridgehead atoms. The van der Waals surface area contributed by atoms with E-state index in [1.807, 2.05) is 17.1 Å². The summed E-state index contributed by atoms with van der Waals surface area (Å²) in [5.41, 5.74) is 0.400. The van der Waals surface area contributed by atoms with Crippen molar-refractivity contribution >= 4 is 116 Å². The number of aromatic nitrogens is 1. The average molecular weight is 1190 g/mol. The summed E-state index contributed by atoms with van der Waals surface area (Å²) >= 11 is 18.4. The standard InChI is InChI=1S/C55H67ClFN7O14S2.Na/c1-26-43(65)48(73-3)46(68)52(75-26)77-32-17-11-29(12-18-32)59-54(79)58-21-6-5-9-39(62-55(80)60-30-13-19-33(20-14-30)78-53-47(69)49(74-4)44(66)27(2)76-53)50(70)61-38-10-7-8-28-23-63(24-35(28)38)42-37(57)22-34-41(40(42)56)64(31-15-16-31)25-36(45(34)67)51(71)72;/h7,10-14,17-20,22,25-28,31,35,38-39,43-44,46-49,52-53,65-66,68-69H,5-6,8-9,15-16,21,23-24H2,1-4H3,(H,61,70)(H,71,72)(H2,58,59,79)(H2,60,62,80);/t26-,27-,28+,35-,38+,39-,43+,44+,46-,47-,48+,49+,52+,53+;/m0./s1. The van der Waals surface area contributed by atoms with Crippen molar-refractivity contribution in [2.75, 3.05) is 49.4 Å².